The van der Waals surface area contributed by atoms with Crippen molar-refractivity contribution in [2.75, 3.05) is 52.0 Å². The summed E-state index contributed by atoms with van der Waals surface area (Å²) < 4.78 is 14.7. The SMILES string of the molecule is COc1cn2nccc2cc1Nc1ncnc2sc3c(c12)CC[C@H](C(=O)N1CCC(N(C)C)CC1)C3.COc1cn2nccc2cc1Nc1ncnc2sc3c(c12)CC[C@H](C(=O)O)C3. The number of carbonyl (C=O) groups is 2. The van der Waals surface area contributed by atoms with E-state index in [1.54, 1.807) is 64.6 Å². The second kappa shape index (κ2) is 17.3. The molecule has 2 atom stereocenters. The minimum Gasteiger partial charge on any atom is -0.493 e. The molecule has 0 unspecified atom stereocenters. The molecule has 8 aromatic rings. The number of methoxy groups -OCH3 is 2. The molecule has 1 amide bonds. The first-order valence-electron chi connectivity index (χ1n) is 21.4. The summed E-state index contributed by atoms with van der Waals surface area (Å²) in [5.41, 5.74) is 5.95. The van der Waals surface area contributed by atoms with Crippen LogP contribution in [-0.4, -0.2) is 113 Å². The van der Waals surface area contributed by atoms with Crippen LogP contribution in [0.1, 0.15) is 46.6 Å². The Kier molecular flexibility index (Phi) is 11.2. The first-order valence-corrected chi connectivity index (χ1v) is 23.0. The van der Waals surface area contributed by atoms with Gasteiger partial charge in [0.15, 0.2) is 11.5 Å². The lowest BCUT2D eigenvalue weighted by Crippen LogP contribution is -2.47. The minimum atomic E-state index is -0.730. The van der Waals surface area contributed by atoms with Crippen molar-refractivity contribution < 1.29 is 24.2 Å². The van der Waals surface area contributed by atoms with E-state index in [-0.39, 0.29) is 11.8 Å². The number of nitrogens with zero attached hydrogens (tertiary/aromatic N) is 10. The minimum absolute atomic E-state index is 0.0511. The molecule has 0 spiro atoms. The number of aromatic nitrogens is 8. The highest BCUT2D eigenvalue weighted by molar-refractivity contribution is 7.19. The second-order valence-electron chi connectivity index (χ2n) is 16.7. The number of hydrogen-bond acceptors (Lipinski definition) is 15. The van der Waals surface area contributed by atoms with E-state index in [4.69, 9.17) is 9.47 Å². The molecule has 2 aliphatic carbocycles. The van der Waals surface area contributed by atoms with E-state index < -0.39 is 5.97 Å². The maximum Gasteiger partial charge on any atom is 0.306 e. The van der Waals surface area contributed by atoms with Gasteiger partial charge in [0.05, 0.1) is 65.7 Å². The van der Waals surface area contributed by atoms with Gasteiger partial charge in [-0.1, -0.05) is 0 Å². The predicted octanol–water partition coefficient (Wildman–Crippen LogP) is 7.03. The smallest absolute Gasteiger partial charge is 0.306 e. The fourth-order valence-corrected chi connectivity index (χ4v) is 11.9. The maximum absolute atomic E-state index is 13.4. The predicted molar refractivity (Wildman–Crippen MR) is 247 cm³/mol. The number of aliphatic carboxylic acids is 1. The van der Waals surface area contributed by atoms with Crippen LogP contribution in [0.3, 0.4) is 0 Å². The summed E-state index contributed by atoms with van der Waals surface area (Å²) >= 11 is 3.26. The van der Waals surface area contributed by atoms with Gasteiger partial charge in [0.1, 0.15) is 34.0 Å². The number of amides is 1. The Labute approximate surface area is 376 Å². The second-order valence-corrected chi connectivity index (χ2v) is 18.9. The van der Waals surface area contributed by atoms with E-state index in [1.165, 1.54) is 16.8 Å². The molecule has 9 heterocycles. The Hall–Kier alpha value is -6.44. The van der Waals surface area contributed by atoms with Crippen LogP contribution in [0.2, 0.25) is 0 Å². The molecule has 0 radical (unpaired) electrons. The summed E-state index contributed by atoms with van der Waals surface area (Å²) in [5, 5.41) is 26.8. The molecule has 1 fully saturated rings. The van der Waals surface area contributed by atoms with Crippen molar-refractivity contribution in [3.05, 3.63) is 82.6 Å². The van der Waals surface area contributed by atoms with Gasteiger partial charge in [0, 0.05) is 47.2 Å². The number of likely N-dealkylation sites (tertiary alicyclic amines) is 1. The third kappa shape index (κ3) is 7.81. The molecular formula is C45H48N12O5S2. The van der Waals surface area contributed by atoms with Crippen molar-refractivity contribution in [3.63, 3.8) is 0 Å². The van der Waals surface area contributed by atoms with Crippen molar-refractivity contribution in [3.8, 4) is 11.5 Å². The Balaban J connectivity index is 0.000000156. The quantitative estimate of drug-likeness (QED) is 0.134. The molecule has 1 saturated heterocycles. The number of rotatable bonds is 9. The lowest BCUT2D eigenvalue weighted by molar-refractivity contribution is -0.142. The number of carboxylic acid groups (broad SMARTS) is 1. The van der Waals surface area contributed by atoms with E-state index in [0.29, 0.717) is 48.5 Å². The Morgan fingerprint density at radius 1 is 0.734 bits per heavy atom. The highest BCUT2D eigenvalue weighted by Crippen LogP contribution is 2.43. The monoisotopic (exact) mass is 900 g/mol. The molecule has 1 aliphatic heterocycles. The number of carboxylic acids is 1. The van der Waals surface area contributed by atoms with Crippen molar-refractivity contribution in [1.29, 1.82) is 0 Å². The number of nitrogens with one attached hydrogen (secondary N) is 2. The molecule has 64 heavy (non-hydrogen) atoms. The topological polar surface area (TPSA) is 190 Å². The number of pyridine rings is 2. The van der Waals surface area contributed by atoms with Crippen molar-refractivity contribution >= 4 is 89.0 Å². The van der Waals surface area contributed by atoms with Gasteiger partial charge in [0.25, 0.3) is 0 Å². The van der Waals surface area contributed by atoms with Gasteiger partial charge in [0.2, 0.25) is 5.91 Å². The van der Waals surface area contributed by atoms with Gasteiger partial charge in [-0.2, -0.15) is 10.2 Å². The Morgan fingerprint density at radius 3 is 1.72 bits per heavy atom. The van der Waals surface area contributed by atoms with Gasteiger partial charge in [-0.15, -0.1) is 22.7 Å². The number of piperidine rings is 1. The number of fused-ring (bicyclic) bond motifs is 8. The van der Waals surface area contributed by atoms with Gasteiger partial charge in [-0.25, -0.2) is 29.0 Å². The zero-order chi connectivity index (χ0) is 44.1. The largest absolute Gasteiger partial charge is 0.493 e. The summed E-state index contributed by atoms with van der Waals surface area (Å²) in [7, 11) is 7.52. The normalized spacial score (nSPS) is 17.6. The van der Waals surface area contributed by atoms with Crippen molar-refractivity contribution in [1.82, 2.24) is 49.0 Å². The molecule has 0 aromatic carbocycles. The summed E-state index contributed by atoms with van der Waals surface area (Å²) in [6.07, 6.45) is 16.8. The highest BCUT2D eigenvalue weighted by atomic mass is 32.1. The molecule has 0 saturated carbocycles. The lowest BCUT2D eigenvalue weighted by atomic mass is 9.86. The summed E-state index contributed by atoms with van der Waals surface area (Å²) in [4.78, 5) is 51.4. The zero-order valence-electron chi connectivity index (χ0n) is 35.9. The Bertz CT molecular complexity index is 3040. The van der Waals surface area contributed by atoms with Crippen LogP contribution in [0.5, 0.6) is 11.5 Å². The molecular weight excluding hydrogens is 853 g/mol. The lowest BCUT2D eigenvalue weighted by Gasteiger charge is -2.37. The fraction of sp³-hybridized carbons (Fsp3) is 0.378. The average Bonchev–Trinajstić information content (AvgIpc) is 4.13. The first-order chi connectivity index (χ1) is 31.1. The number of anilines is 4. The van der Waals surface area contributed by atoms with E-state index in [9.17, 15) is 14.7 Å². The van der Waals surface area contributed by atoms with E-state index in [0.717, 1.165) is 104 Å². The third-order valence-corrected chi connectivity index (χ3v) is 15.2. The van der Waals surface area contributed by atoms with Crippen molar-refractivity contribution in [2.45, 2.75) is 57.4 Å². The molecule has 11 rings (SSSR count). The molecule has 17 nitrogen and oxygen atoms in total. The van der Waals surface area contributed by atoms with Gasteiger partial charge in [-0.3, -0.25) is 9.59 Å². The van der Waals surface area contributed by atoms with Crippen LogP contribution in [0, 0.1) is 11.8 Å². The van der Waals surface area contributed by atoms with Gasteiger partial charge < -0.3 is 35.0 Å². The third-order valence-electron chi connectivity index (χ3n) is 12.8. The number of carbonyl (C=O) groups excluding carboxylic acids is 1. The maximum atomic E-state index is 13.4. The standard InChI is InChI=1S/C26H31N7O2S.C19H17N5O3S/c1-31(2)17-7-10-32(11-8-17)26(34)16-4-5-19-22(12-16)36-25-23(19)24(27-15-28-25)30-20-13-18-6-9-29-33(18)14-21(20)35-3;1-27-14-8-24-11(4-5-22-24)7-13(14)23-17-16-12-3-2-10(19(25)26)6-15(12)28-18(16)21-9-20-17/h6,9,13-17H,4-5,7-8,10-12H2,1-3H3,(H,27,28,30);4-5,7-10H,2-3,6H2,1H3,(H,25,26)(H,20,21,23)/t16-;10-/m00/s1. The van der Waals surface area contributed by atoms with Crippen LogP contribution in [0.15, 0.2) is 61.7 Å². The van der Waals surface area contributed by atoms with E-state index >= 15 is 0 Å². The van der Waals surface area contributed by atoms with Crippen LogP contribution >= 0.6 is 22.7 Å². The number of ether oxygens (including phenoxy) is 2. The van der Waals surface area contributed by atoms with Crippen LogP contribution in [-0.2, 0) is 35.3 Å². The van der Waals surface area contributed by atoms with Gasteiger partial charge >= 0.3 is 5.97 Å². The summed E-state index contributed by atoms with van der Waals surface area (Å²) in [5.74, 6) is 2.13. The number of thiophene rings is 2. The number of aryl methyl sites for hydroxylation is 2. The zero-order valence-corrected chi connectivity index (χ0v) is 37.6. The molecule has 0 bridgehead atoms. The summed E-state index contributed by atoms with van der Waals surface area (Å²) in [6, 6.07) is 8.41. The fourth-order valence-electron chi connectivity index (χ4n) is 9.36. The van der Waals surface area contributed by atoms with E-state index in [1.807, 2.05) is 36.7 Å². The number of hydrogen-bond donors (Lipinski definition) is 3. The molecule has 3 aliphatic rings. The highest BCUT2D eigenvalue weighted by Gasteiger charge is 2.34. The average molecular weight is 901 g/mol. The molecule has 8 aromatic heterocycles. The van der Waals surface area contributed by atoms with Gasteiger partial charge in [-0.05, 0) is 101 Å². The van der Waals surface area contributed by atoms with Crippen LogP contribution < -0.4 is 20.1 Å². The molecule has 3 N–H and O–H groups in total. The van der Waals surface area contributed by atoms with Crippen molar-refractivity contribution in [2.24, 2.45) is 11.8 Å². The van der Waals surface area contributed by atoms with E-state index in [2.05, 4.69) is 64.7 Å². The molecule has 330 valence electrons. The Morgan fingerprint density at radius 2 is 1.23 bits per heavy atom. The van der Waals surface area contributed by atoms with Crippen LogP contribution in [0.4, 0.5) is 23.0 Å². The summed E-state index contributed by atoms with van der Waals surface area (Å²) in [6.45, 7) is 1.72. The first kappa shape index (κ1) is 41.6. The molecule has 19 heteroatoms. The van der Waals surface area contributed by atoms with Crippen LogP contribution in [0.25, 0.3) is 31.5 Å².